The van der Waals surface area contributed by atoms with Crippen LogP contribution in [0.1, 0.15) is 193 Å². The molecule has 0 N–H and O–H groups in total. The second kappa shape index (κ2) is 28.2. The van der Waals surface area contributed by atoms with Crippen molar-refractivity contribution in [2.45, 2.75) is 227 Å². The molecule has 0 aliphatic heterocycles. The van der Waals surface area contributed by atoms with Crippen molar-refractivity contribution in [3.63, 3.8) is 0 Å². The van der Waals surface area contributed by atoms with Gasteiger partial charge in [0.15, 0.2) is 0 Å². The molecule has 6 aliphatic rings. The quantitative estimate of drug-likeness (QED) is 0.121. The van der Waals surface area contributed by atoms with Crippen molar-refractivity contribution >= 4 is 32.3 Å². The summed E-state index contributed by atoms with van der Waals surface area (Å²) in [4.78, 5) is 7.75. The standard InChI is InChI=1S/2C18H33P.C6H5.CHO.ClH.Ru/c2*1-4-10-16(11-5-1)19(17-12-6-2-7-13-17)18-14-8-3-9-15-18;1-2-4-6-5-3-1;1-2;;/h2*16-18H,1-15H2;1-5H;1H;1H;/q;;2*-1;;+3/p+1. The van der Waals surface area contributed by atoms with E-state index in [0.29, 0.717) is 0 Å². The fraction of sp³-hybridized carbons (Fsp3) is 0.837. The zero-order chi connectivity index (χ0) is 34.1. The molecule has 6 fully saturated rings. The third-order valence-corrected chi connectivity index (χ3v) is 22.2. The SMILES string of the molecule is C1CCC([PH+](C2CCCCC2)C2CCCCC2)CC1.C1CCC([PH+](C2CCCCC2)C2CCCCC2)CC1.[CH-]=O.[Cl][Ru+2].[c-]1ccccc1. The van der Waals surface area contributed by atoms with Gasteiger partial charge in [0.25, 0.3) is 0 Å². The van der Waals surface area contributed by atoms with Crippen LogP contribution in [-0.2, 0) is 22.1 Å². The topological polar surface area (TPSA) is 17.1 Å². The normalized spacial score (nSPS) is 24.1. The van der Waals surface area contributed by atoms with Gasteiger partial charge in [-0.15, -0.1) is 0 Å². The first-order chi connectivity index (χ1) is 23.9. The van der Waals surface area contributed by atoms with Gasteiger partial charge in [0, 0.05) is 15.8 Å². The van der Waals surface area contributed by atoms with E-state index in [-0.39, 0.29) is 15.8 Å². The Bertz CT molecular complexity index is 673. The van der Waals surface area contributed by atoms with Crippen LogP contribution in [0.25, 0.3) is 0 Å². The number of benzene rings is 1. The molecule has 0 saturated heterocycles. The summed E-state index contributed by atoms with van der Waals surface area (Å²) < 4.78 is 0. The first kappa shape index (κ1) is 43.1. The Balaban J connectivity index is 0.000000204. The summed E-state index contributed by atoms with van der Waals surface area (Å²) in [5.74, 6) is 0. The van der Waals surface area contributed by atoms with Crippen LogP contribution >= 0.6 is 25.5 Å². The fourth-order valence-corrected chi connectivity index (χ4v) is 21.4. The van der Waals surface area contributed by atoms with E-state index in [9.17, 15) is 0 Å². The molecule has 0 heterocycles. The Kier molecular flexibility index (Phi) is 25.3. The van der Waals surface area contributed by atoms with Crippen molar-refractivity contribution in [2.75, 3.05) is 0 Å². The van der Waals surface area contributed by atoms with E-state index in [1.165, 1.54) is 34.0 Å². The Hall–Kier alpha value is 0.663. The molecular weight excluding hydrogens is 731 g/mol. The van der Waals surface area contributed by atoms with Crippen LogP contribution in [0.4, 0.5) is 0 Å². The van der Waals surface area contributed by atoms with Crippen molar-refractivity contribution in [1.29, 1.82) is 0 Å². The van der Waals surface area contributed by atoms with Crippen molar-refractivity contribution in [1.82, 2.24) is 0 Å². The maximum atomic E-state index is 7.75. The zero-order valence-electron chi connectivity index (χ0n) is 30.8. The van der Waals surface area contributed by atoms with Crippen LogP contribution < -0.4 is 0 Å². The molecular formula is C43H74ClOP2Ru+2. The molecule has 6 saturated carbocycles. The summed E-state index contributed by atoms with van der Waals surface area (Å²) in [6.07, 6.45) is 47.6. The monoisotopic (exact) mass is 805 g/mol. The zero-order valence-corrected chi connectivity index (χ0v) is 35.3. The summed E-state index contributed by atoms with van der Waals surface area (Å²) in [6, 6.07) is 12.5. The first-order valence-electron chi connectivity index (χ1n) is 20.9. The third-order valence-electron chi connectivity index (χ3n) is 13.1. The van der Waals surface area contributed by atoms with Gasteiger partial charge < -0.3 is 4.79 Å². The number of hydrogen-bond donors (Lipinski definition) is 0. The molecule has 275 valence electrons. The van der Waals surface area contributed by atoms with Gasteiger partial charge >= 0.3 is 27.0 Å². The van der Waals surface area contributed by atoms with Crippen molar-refractivity contribution < 1.29 is 22.1 Å². The summed E-state index contributed by atoms with van der Waals surface area (Å²) in [5, 5.41) is 0. The molecule has 1 aromatic rings. The van der Waals surface area contributed by atoms with Gasteiger partial charge in [-0.2, -0.15) is 36.4 Å². The maximum absolute atomic E-state index is 7.75. The summed E-state index contributed by atoms with van der Waals surface area (Å²) in [7, 11) is 4.48. The Morgan fingerprint density at radius 1 is 0.375 bits per heavy atom. The van der Waals surface area contributed by atoms with Crippen molar-refractivity contribution in [3.8, 4) is 0 Å². The molecule has 0 aromatic heterocycles. The van der Waals surface area contributed by atoms with E-state index in [1.54, 1.807) is 193 Å². The molecule has 1 nitrogen and oxygen atoms in total. The molecule has 0 radical (unpaired) electrons. The van der Waals surface area contributed by atoms with E-state index in [2.05, 4.69) is 22.5 Å². The Labute approximate surface area is 315 Å². The average molecular weight is 806 g/mol. The summed E-state index contributed by atoms with van der Waals surface area (Å²) in [5.41, 5.74) is 7.36. The van der Waals surface area contributed by atoms with E-state index in [1.807, 2.05) is 47.6 Å². The summed E-state index contributed by atoms with van der Waals surface area (Å²) >= 11 is 1.82. The third kappa shape index (κ3) is 15.7. The predicted molar refractivity (Wildman–Crippen MR) is 216 cm³/mol. The molecule has 6 aliphatic carbocycles. The minimum Gasteiger partial charge on any atom is -0.184 e. The predicted octanol–water partition coefficient (Wildman–Crippen LogP) is 14.3. The molecule has 0 spiro atoms. The number of halogens is 1. The number of hydrogen-bond acceptors (Lipinski definition) is 1. The molecule has 0 atom stereocenters. The van der Waals surface area contributed by atoms with Gasteiger partial charge in [-0.25, -0.2) is 0 Å². The van der Waals surface area contributed by atoms with Crippen molar-refractivity contribution in [2.24, 2.45) is 0 Å². The van der Waals surface area contributed by atoms with Gasteiger partial charge in [-0.3, -0.25) is 6.79 Å². The Morgan fingerprint density at radius 2 is 0.562 bits per heavy atom. The second-order valence-electron chi connectivity index (χ2n) is 16.1. The molecule has 0 amide bonds. The van der Waals surface area contributed by atoms with E-state index in [4.69, 9.17) is 4.79 Å². The minimum absolute atomic E-state index is 0.0465. The Morgan fingerprint density at radius 3 is 0.688 bits per heavy atom. The van der Waals surface area contributed by atoms with Gasteiger partial charge in [0.1, 0.15) is 0 Å². The molecule has 48 heavy (non-hydrogen) atoms. The molecule has 0 bridgehead atoms. The van der Waals surface area contributed by atoms with Crippen LogP contribution in [0.3, 0.4) is 0 Å². The van der Waals surface area contributed by atoms with Crippen LogP contribution in [0.15, 0.2) is 30.3 Å². The van der Waals surface area contributed by atoms with Gasteiger partial charge in [-0.1, -0.05) is 38.5 Å². The van der Waals surface area contributed by atoms with Crippen LogP contribution in [-0.4, -0.2) is 40.7 Å². The van der Waals surface area contributed by atoms with E-state index in [0.717, 1.165) is 0 Å². The smallest absolute Gasteiger partial charge is 0.171 e. The van der Waals surface area contributed by atoms with Gasteiger partial charge in [0.2, 0.25) is 0 Å². The minimum atomic E-state index is -0.0465. The summed E-state index contributed by atoms with van der Waals surface area (Å²) in [6.45, 7) is 3.25. The largest absolute Gasteiger partial charge is 0.184 e. The second-order valence-corrected chi connectivity index (χ2v) is 23.0. The molecule has 7 rings (SSSR count). The molecule has 1 aromatic carbocycles. The van der Waals surface area contributed by atoms with Crippen LogP contribution in [0.5, 0.6) is 0 Å². The fourth-order valence-electron chi connectivity index (χ4n) is 11.0. The first-order valence-corrected chi connectivity index (χ1v) is 26.6. The van der Waals surface area contributed by atoms with Crippen LogP contribution in [0.2, 0.25) is 0 Å². The van der Waals surface area contributed by atoms with Gasteiger partial charge in [0.05, 0.1) is 34.0 Å². The molecule has 5 heteroatoms. The van der Waals surface area contributed by atoms with E-state index >= 15 is 0 Å². The molecule has 0 unspecified atom stereocenters. The van der Waals surface area contributed by atoms with Crippen molar-refractivity contribution in [3.05, 3.63) is 36.4 Å². The van der Waals surface area contributed by atoms with E-state index < -0.39 is 0 Å². The number of carbonyl (C=O) groups excluding carboxylic acids is 1. The van der Waals surface area contributed by atoms with Gasteiger partial charge in [-0.05, 0) is 154 Å². The van der Waals surface area contributed by atoms with Crippen LogP contribution in [0, 0.1) is 6.07 Å². The average Bonchev–Trinajstić information content (AvgIpc) is 3.20. The maximum Gasteiger partial charge on any atom is -0.171 e. The number of rotatable bonds is 6.